The molecule has 0 spiro atoms. The van der Waals surface area contributed by atoms with Crippen molar-refractivity contribution >= 4 is 11.8 Å². The molecule has 1 aliphatic carbocycles. The second kappa shape index (κ2) is 9.93. The number of carbonyl (C=O) groups is 2. The summed E-state index contributed by atoms with van der Waals surface area (Å²) < 4.78 is 0. The predicted molar refractivity (Wildman–Crippen MR) is 143 cm³/mol. The molecular formula is C31H38N4O2. The van der Waals surface area contributed by atoms with Crippen molar-refractivity contribution in [3.63, 3.8) is 0 Å². The summed E-state index contributed by atoms with van der Waals surface area (Å²) in [5.74, 6) is 0.878. The number of nitriles is 1. The molecular weight excluding hydrogens is 460 g/mol. The van der Waals surface area contributed by atoms with E-state index in [2.05, 4.69) is 31.8 Å². The van der Waals surface area contributed by atoms with Crippen LogP contribution in [0.2, 0.25) is 0 Å². The van der Waals surface area contributed by atoms with Gasteiger partial charge in [-0.1, -0.05) is 51.1 Å². The number of carbonyl (C=O) groups excluding carboxylic acids is 2. The molecule has 0 unspecified atom stereocenters. The number of rotatable bonds is 4. The molecule has 6 heteroatoms. The molecule has 2 aromatic rings. The van der Waals surface area contributed by atoms with E-state index in [0.29, 0.717) is 49.0 Å². The molecule has 2 saturated heterocycles. The van der Waals surface area contributed by atoms with Crippen LogP contribution in [0.15, 0.2) is 42.6 Å². The van der Waals surface area contributed by atoms with Gasteiger partial charge in [-0.15, -0.1) is 0 Å². The van der Waals surface area contributed by atoms with E-state index in [1.807, 2.05) is 35.2 Å². The standard InChI is InChI=1S/C31H38N4O2/c1-30(2,3)23-11-15-34(16-12-23)28(36)25-19-27(33-20-26(25)22-9-10-22)29(37)35-17-13-31(21-32,14-18-35)24-7-5-4-6-8-24/h4-8,19-20,22-23H,9-18H2,1-3H3. The highest BCUT2D eigenvalue weighted by molar-refractivity contribution is 6.00. The van der Waals surface area contributed by atoms with Gasteiger partial charge in [0.25, 0.3) is 11.8 Å². The predicted octanol–water partition coefficient (Wildman–Crippen LogP) is 5.55. The smallest absolute Gasteiger partial charge is 0.272 e. The Morgan fingerprint density at radius 1 is 0.946 bits per heavy atom. The van der Waals surface area contributed by atoms with Gasteiger partial charge in [0.2, 0.25) is 0 Å². The molecule has 5 rings (SSSR count). The van der Waals surface area contributed by atoms with Crippen molar-refractivity contribution < 1.29 is 9.59 Å². The number of hydrogen-bond acceptors (Lipinski definition) is 4. The molecule has 0 bridgehead atoms. The normalized spacial score (nSPS) is 20.4. The van der Waals surface area contributed by atoms with Gasteiger partial charge in [0.1, 0.15) is 5.69 Å². The average molecular weight is 499 g/mol. The Kier molecular flexibility index (Phi) is 6.83. The van der Waals surface area contributed by atoms with Crippen molar-refractivity contribution in [3.8, 4) is 6.07 Å². The van der Waals surface area contributed by atoms with E-state index >= 15 is 0 Å². The van der Waals surface area contributed by atoms with Gasteiger partial charge >= 0.3 is 0 Å². The topological polar surface area (TPSA) is 77.3 Å². The molecule has 2 amide bonds. The number of pyridine rings is 1. The molecule has 3 aliphatic rings. The number of nitrogens with zero attached hydrogens (tertiary/aromatic N) is 4. The molecule has 6 nitrogen and oxygen atoms in total. The molecule has 3 heterocycles. The first-order chi connectivity index (χ1) is 17.7. The maximum Gasteiger partial charge on any atom is 0.272 e. The fourth-order valence-electron chi connectivity index (χ4n) is 6.08. The number of benzene rings is 1. The molecule has 1 aromatic carbocycles. The first kappa shape index (κ1) is 25.4. The van der Waals surface area contributed by atoms with Crippen LogP contribution in [0, 0.1) is 22.7 Å². The zero-order chi connectivity index (χ0) is 26.2. The fraction of sp³-hybridized carbons (Fsp3) is 0.548. The highest BCUT2D eigenvalue weighted by Crippen LogP contribution is 2.42. The largest absolute Gasteiger partial charge is 0.339 e. The van der Waals surface area contributed by atoms with E-state index in [-0.39, 0.29) is 17.2 Å². The number of hydrogen-bond donors (Lipinski definition) is 0. The van der Waals surface area contributed by atoms with E-state index < -0.39 is 5.41 Å². The number of amides is 2. The molecule has 194 valence electrons. The minimum Gasteiger partial charge on any atom is -0.339 e. The van der Waals surface area contributed by atoms with E-state index in [9.17, 15) is 14.9 Å². The van der Waals surface area contributed by atoms with Crippen LogP contribution in [0.25, 0.3) is 0 Å². The van der Waals surface area contributed by atoms with Crippen molar-refractivity contribution in [2.45, 2.75) is 70.6 Å². The van der Waals surface area contributed by atoms with Crippen LogP contribution in [-0.4, -0.2) is 52.8 Å². The lowest BCUT2D eigenvalue weighted by atomic mass is 9.74. The Morgan fingerprint density at radius 2 is 1.57 bits per heavy atom. The fourth-order valence-corrected chi connectivity index (χ4v) is 6.08. The summed E-state index contributed by atoms with van der Waals surface area (Å²) in [5.41, 5.74) is 2.68. The van der Waals surface area contributed by atoms with Crippen molar-refractivity contribution in [2.24, 2.45) is 11.3 Å². The Hall–Kier alpha value is -3.20. The van der Waals surface area contributed by atoms with Gasteiger partial charge in [0.05, 0.1) is 11.5 Å². The van der Waals surface area contributed by atoms with Gasteiger partial charge in [0.15, 0.2) is 0 Å². The van der Waals surface area contributed by atoms with E-state index in [4.69, 9.17) is 0 Å². The van der Waals surface area contributed by atoms with Crippen LogP contribution in [-0.2, 0) is 5.41 Å². The maximum atomic E-state index is 13.7. The zero-order valence-electron chi connectivity index (χ0n) is 22.4. The van der Waals surface area contributed by atoms with Crippen molar-refractivity contribution in [1.82, 2.24) is 14.8 Å². The zero-order valence-corrected chi connectivity index (χ0v) is 22.4. The van der Waals surface area contributed by atoms with Gasteiger partial charge in [-0.2, -0.15) is 5.26 Å². The van der Waals surface area contributed by atoms with Crippen LogP contribution >= 0.6 is 0 Å². The summed E-state index contributed by atoms with van der Waals surface area (Å²) in [6, 6.07) is 14.2. The summed E-state index contributed by atoms with van der Waals surface area (Å²) in [4.78, 5) is 35.5. The van der Waals surface area contributed by atoms with Gasteiger partial charge in [0, 0.05) is 37.9 Å². The summed E-state index contributed by atoms with van der Waals surface area (Å²) in [6.07, 6.45) is 7.13. The third-order valence-electron chi connectivity index (χ3n) is 8.85. The van der Waals surface area contributed by atoms with Crippen LogP contribution < -0.4 is 0 Å². The summed E-state index contributed by atoms with van der Waals surface area (Å²) in [7, 11) is 0. The Bertz CT molecular complexity index is 1190. The van der Waals surface area contributed by atoms with Crippen LogP contribution in [0.4, 0.5) is 0 Å². The lowest BCUT2D eigenvalue weighted by Crippen LogP contribution is -2.45. The highest BCUT2D eigenvalue weighted by Gasteiger charge is 2.39. The first-order valence-electron chi connectivity index (χ1n) is 13.8. The third-order valence-corrected chi connectivity index (χ3v) is 8.85. The Morgan fingerprint density at radius 3 is 2.14 bits per heavy atom. The van der Waals surface area contributed by atoms with Gasteiger partial charge < -0.3 is 9.80 Å². The van der Waals surface area contributed by atoms with Crippen molar-refractivity contribution in [2.75, 3.05) is 26.2 Å². The third kappa shape index (κ3) is 5.14. The lowest BCUT2D eigenvalue weighted by molar-refractivity contribution is 0.0607. The molecule has 2 aliphatic heterocycles. The monoisotopic (exact) mass is 498 g/mol. The van der Waals surface area contributed by atoms with E-state index in [0.717, 1.165) is 49.9 Å². The molecule has 0 radical (unpaired) electrons. The number of aromatic nitrogens is 1. The summed E-state index contributed by atoms with van der Waals surface area (Å²) >= 11 is 0. The SMILES string of the molecule is CC(C)(C)C1CCN(C(=O)c2cc(C(=O)N3CCC(C#N)(c4ccccc4)CC3)ncc2C2CC2)CC1. The van der Waals surface area contributed by atoms with Gasteiger partial charge in [-0.3, -0.25) is 14.6 Å². The van der Waals surface area contributed by atoms with Crippen molar-refractivity contribution in [1.29, 1.82) is 5.26 Å². The second-order valence-corrected chi connectivity index (χ2v) is 12.2. The van der Waals surface area contributed by atoms with Crippen LogP contribution in [0.1, 0.15) is 97.2 Å². The quantitative estimate of drug-likeness (QED) is 0.553. The van der Waals surface area contributed by atoms with Crippen LogP contribution in [0.3, 0.4) is 0 Å². The van der Waals surface area contributed by atoms with Crippen molar-refractivity contribution in [3.05, 3.63) is 65.0 Å². The minimum absolute atomic E-state index is 0.0388. The Balaban J connectivity index is 1.32. The molecule has 3 fully saturated rings. The lowest BCUT2D eigenvalue weighted by Gasteiger charge is -2.39. The van der Waals surface area contributed by atoms with Crippen LogP contribution in [0.5, 0.6) is 0 Å². The maximum absolute atomic E-state index is 13.7. The first-order valence-corrected chi connectivity index (χ1v) is 13.8. The average Bonchev–Trinajstić information content (AvgIpc) is 3.78. The second-order valence-electron chi connectivity index (χ2n) is 12.2. The van der Waals surface area contributed by atoms with Gasteiger partial charge in [-0.25, -0.2) is 0 Å². The number of piperidine rings is 2. The molecule has 0 atom stereocenters. The Labute approximate surface area is 220 Å². The molecule has 0 N–H and O–H groups in total. The van der Waals surface area contributed by atoms with Gasteiger partial charge in [-0.05, 0) is 73.0 Å². The molecule has 1 saturated carbocycles. The molecule has 1 aromatic heterocycles. The minimum atomic E-state index is -0.568. The van der Waals surface area contributed by atoms with E-state index in [1.54, 1.807) is 17.2 Å². The highest BCUT2D eigenvalue weighted by atomic mass is 16.2. The number of likely N-dealkylation sites (tertiary alicyclic amines) is 2. The summed E-state index contributed by atoms with van der Waals surface area (Å²) in [5, 5.41) is 10.00. The molecule has 37 heavy (non-hydrogen) atoms. The van der Waals surface area contributed by atoms with E-state index in [1.165, 1.54) is 0 Å². The summed E-state index contributed by atoms with van der Waals surface area (Å²) in [6.45, 7) is 9.36.